The first-order valence-corrected chi connectivity index (χ1v) is 7.44. The molecule has 2 bridgehead atoms. The number of β-amino-alcohol motifs (C(OH)–C–C–N with tert-alkyl or cyclic N) is 1. The first-order chi connectivity index (χ1) is 8.74. The van der Waals surface area contributed by atoms with Gasteiger partial charge in [-0.15, -0.1) is 0 Å². The van der Waals surface area contributed by atoms with Crippen LogP contribution < -0.4 is 0 Å². The van der Waals surface area contributed by atoms with Crippen molar-refractivity contribution in [2.24, 2.45) is 5.92 Å². The molecule has 3 heterocycles. The molecule has 1 N–H and O–H groups in total. The lowest BCUT2D eigenvalue weighted by molar-refractivity contribution is 0.0531. The first-order valence-electron chi connectivity index (χ1n) is 7.44. The van der Waals surface area contributed by atoms with Gasteiger partial charge in [0.05, 0.1) is 12.7 Å². The van der Waals surface area contributed by atoms with Gasteiger partial charge in [0.25, 0.3) is 0 Å². The van der Waals surface area contributed by atoms with Gasteiger partial charge in [0, 0.05) is 37.7 Å². The monoisotopic (exact) mass is 254 g/mol. The molecular formula is C14H26N2O2. The lowest BCUT2D eigenvalue weighted by Crippen LogP contribution is -2.42. The zero-order chi connectivity index (χ0) is 12.5. The van der Waals surface area contributed by atoms with Crippen LogP contribution in [0.25, 0.3) is 0 Å². The average molecular weight is 254 g/mol. The number of hydrogen-bond donors (Lipinski definition) is 1. The maximum absolute atomic E-state index is 10.3. The van der Waals surface area contributed by atoms with Gasteiger partial charge in [-0.25, -0.2) is 0 Å². The molecule has 4 heteroatoms. The minimum atomic E-state index is -0.200. The Labute approximate surface area is 110 Å². The average Bonchev–Trinajstić information content (AvgIpc) is 2.93. The van der Waals surface area contributed by atoms with Crippen molar-refractivity contribution in [2.75, 3.05) is 39.9 Å². The molecular weight excluding hydrogens is 228 g/mol. The van der Waals surface area contributed by atoms with Crippen LogP contribution in [0.4, 0.5) is 0 Å². The molecule has 3 aliphatic rings. The fourth-order valence-corrected chi connectivity index (χ4v) is 3.81. The molecule has 104 valence electrons. The van der Waals surface area contributed by atoms with E-state index in [1.54, 1.807) is 0 Å². The van der Waals surface area contributed by atoms with Crippen molar-refractivity contribution in [3.05, 3.63) is 0 Å². The zero-order valence-corrected chi connectivity index (χ0v) is 11.4. The Morgan fingerprint density at radius 1 is 1.22 bits per heavy atom. The summed E-state index contributed by atoms with van der Waals surface area (Å²) in [4.78, 5) is 5.04. The Morgan fingerprint density at radius 3 is 2.83 bits per heavy atom. The maximum Gasteiger partial charge on any atom is 0.0718 e. The van der Waals surface area contributed by atoms with E-state index < -0.39 is 0 Å². The van der Waals surface area contributed by atoms with Gasteiger partial charge in [-0.1, -0.05) is 0 Å². The van der Waals surface area contributed by atoms with E-state index in [-0.39, 0.29) is 6.10 Å². The number of likely N-dealkylation sites (N-methyl/N-ethyl adjacent to an activating group) is 1. The van der Waals surface area contributed by atoms with Crippen LogP contribution in [0.2, 0.25) is 0 Å². The van der Waals surface area contributed by atoms with Crippen molar-refractivity contribution in [1.82, 2.24) is 9.80 Å². The highest BCUT2D eigenvalue weighted by molar-refractivity contribution is 4.91. The van der Waals surface area contributed by atoms with E-state index in [9.17, 15) is 5.11 Å². The smallest absolute Gasteiger partial charge is 0.0718 e. The molecule has 0 saturated carbocycles. The summed E-state index contributed by atoms with van der Waals surface area (Å²) in [7, 11) is 2.27. The fraction of sp³-hybridized carbons (Fsp3) is 1.00. The zero-order valence-electron chi connectivity index (χ0n) is 11.4. The Hall–Kier alpha value is -0.160. The Kier molecular flexibility index (Phi) is 3.89. The molecule has 4 nitrogen and oxygen atoms in total. The van der Waals surface area contributed by atoms with E-state index >= 15 is 0 Å². The largest absolute Gasteiger partial charge is 0.391 e. The Bertz CT molecular complexity index is 281. The molecule has 3 saturated heterocycles. The second-order valence-corrected chi connectivity index (χ2v) is 6.29. The summed E-state index contributed by atoms with van der Waals surface area (Å²) in [5.41, 5.74) is 0. The number of ether oxygens (including phenoxy) is 1. The molecule has 0 radical (unpaired) electrons. The van der Waals surface area contributed by atoms with E-state index in [4.69, 9.17) is 4.74 Å². The van der Waals surface area contributed by atoms with Crippen LogP contribution >= 0.6 is 0 Å². The number of aliphatic hydroxyl groups is 1. The number of rotatable bonds is 3. The molecule has 3 fully saturated rings. The van der Waals surface area contributed by atoms with Crippen LogP contribution in [-0.2, 0) is 4.74 Å². The highest BCUT2D eigenvalue weighted by atomic mass is 16.5. The van der Waals surface area contributed by atoms with Crippen LogP contribution in [0, 0.1) is 5.92 Å². The van der Waals surface area contributed by atoms with Crippen molar-refractivity contribution in [3.63, 3.8) is 0 Å². The second-order valence-electron chi connectivity index (χ2n) is 6.29. The molecule has 0 aliphatic carbocycles. The third-order valence-corrected chi connectivity index (χ3v) is 5.19. The van der Waals surface area contributed by atoms with Crippen molar-refractivity contribution in [1.29, 1.82) is 0 Å². The molecule has 0 spiro atoms. The third-order valence-electron chi connectivity index (χ3n) is 5.19. The molecule has 0 amide bonds. The van der Waals surface area contributed by atoms with Gasteiger partial charge in [0.15, 0.2) is 0 Å². The summed E-state index contributed by atoms with van der Waals surface area (Å²) in [6.45, 7) is 4.70. The van der Waals surface area contributed by atoms with Crippen molar-refractivity contribution in [2.45, 2.75) is 43.9 Å². The molecule has 0 aromatic carbocycles. The summed E-state index contributed by atoms with van der Waals surface area (Å²) < 4.78 is 5.37. The minimum absolute atomic E-state index is 0.200. The number of aliphatic hydroxyl groups excluding tert-OH is 1. The lowest BCUT2D eigenvalue weighted by atomic mass is 10.0. The van der Waals surface area contributed by atoms with Crippen LogP contribution in [0.3, 0.4) is 0 Å². The number of nitrogens with zero attached hydrogens (tertiary/aromatic N) is 2. The van der Waals surface area contributed by atoms with Gasteiger partial charge in [-0.3, -0.25) is 9.80 Å². The lowest BCUT2D eigenvalue weighted by Gasteiger charge is -2.29. The molecule has 0 aromatic rings. The topological polar surface area (TPSA) is 35.9 Å². The molecule has 4 atom stereocenters. The van der Waals surface area contributed by atoms with E-state index in [2.05, 4.69) is 16.8 Å². The maximum atomic E-state index is 10.3. The van der Waals surface area contributed by atoms with Gasteiger partial charge in [-0.05, 0) is 39.3 Å². The third kappa shape index (κ3) is 2.57. The van der Waals surface area contributed by atoms with Gasteiger partial charge < -0.3 is 9.84 Å². The quantitative estimate of drug-likeness (QED) is 0.798. The summed E-state index contributed by atoms with van der Waals surface area (Å²) in [5, 5.41) is 10.3. The van der Waals surface area contributed by atoms with Gasteiger partial charge in [0.1, 0.15) is 0 Å². The SMILES string of the molecule is CN1C2CCC1CN(CC(O)C1CCOC1)CC2. The summed E-state index contributed by atoms with van der Waals surface area (Å²) >= 11 is 0. The van der Waals surface area contributed by atoms with Crippen LogP contribution in [0.15, 0.2) is 0 Å². The summed E-state index contributed by atoms with van der Waals surface area (Å²) in [6.07, 6.45) is 4.80. The highest BCUT2D eigenvalue weighted by Gasteiger charge is 2.35. The second kappa shape index (κ2) is 5.45. The first kappa shape index (κ1) is 12.9. The van der Waals surface area contributed by atoms with E-state index in [1.165, 1.54) is 19.3 Å². The van der Waals surface area contributed by atoms with E-state index in [0.29, 0.717) is 12.0 Å². The van der Waals surface area contributed by atoms with Gasteiger partial charge in [0.2, 0.25) is 0 Å². The highest BCUT2D eigenvalue weighted by Crippen LogP contribution is 2.29. The van der Waals surface area contributed by atoms with Crippen molar-refractivity contribution < 1.29 is 9.84 Å². The van der Waals surface area contributed by atoms with Crippen molar-refractivity contribution >= 4 is 0 Å². The van der Waals surface area contributed by atoms with E-state index in [0.717, 1.165) is 45.3 Å². The Morgan fingerprint density at radius 2 is 2.06 bits per heavy atom. The van der Waals surface area contributed by atoms with E-state index in [1.807, 2.05) is 0 Å². The number of hydrogen-bond acceptors (Lipinski definition) is 4. The van der Waals surface area contributed by atoms with Gasteiger partial charge >= 0.3 is 0 Å². The van der Waals surface area contributed by atoms with Crippen LogP contribution in [0.5, 0.6) is 0 Å². The minimum Gasteiger partial charge on any atom is -0.391 e. The summed E-state index contributed by atoms with van der Waals surface area (Å²) in [6, 6.07) is 1.50. The molecule has 3 aliphatic heterocycles. The Balaban J connectivity index is 1.53. The predicted molar refractivity (Wildman–Crippen MR) is 70.6 cm³/mol. The van der Waals surface area contributed by atoms with Crippen LogP contribution in [-0.4, -0.2) is 73.0 Å². The molecule has 0 aromatic heterocycles. The molecule has 4 unspecified atom stereocenters. The fourth-order valence-electron chi connectivity index (χ4n) is 3.81. The normalized spacial score (nSPS) is 40.0. The summed E-state index contributed by atoms with van der Waals surface area (Å²) in [5.74, 6) is 0.364. The number of likely N-dealkylation sites (tertiary alicyclic amines) is 1. The van der Waals surface area contributed by atoms with Crippen LogP contribution in [0.1, 0.15) is 25.7 Å². The van der Waals surface area contributed by atoms with Gasteiger partial charge in [-0.2, -0.15) is 0 Å². The molecule has 3 rings (SSSR count). The molecule has 18 heavy (non-hydrogen) atoms. The number of fused-ring (bicyclic) bond motifs is 2. The van der Waals surface area contributed by atoms with Crippen molar-refractivity contribution in [3.8, 4) is 0 Å². The standard InChI is InChI=1S/C14H26N2O2/c1-15-12-2-3-13(15)8-16(6-4-12)9-14(17)11-5-7-18-10-11/h11-14,17H,2-10H2,1H3. The predicted octanol–water partition coefficient (Wildman–Crippen LogP) is 0.552.